The van der Waals surface area contributed by atoms with Crippen LogP contribution in [0.15, 0.2) is 57.7 Å². The van der Waals surface area contributed by atoms with Crippen LogP contribution in [0, 0.1) is 0 Å². The molecule has 0 spiro atoms. The number of nitrogens with one attached hydrogen (secondary N) is 1. The van der Waals surface area contributed by atoms with Crippen molar-refractivity contribution >= 4 is 22.6 Å². The van der Waals surface area contributed by atoms with Crippen LogP contribution in [0.2, 0.25) is 5.02 Å². The zero-order valence-electron chi connectivity index (χ0n) is 10.3. The summed E-state index contributed by atoms with van der Waals surface area (Å²) in [6.07, 6.45) is 3.40. The van der Waals surface area contributed by atoms with Gasteiger partial charge in [-0.1, -0.05) is 11.6 Å². The SMILES string of the molecule is Clc1ccc2cc(-c3coc(-c4ccc[nH]4)n3)oc2c1. The monoisotopic (exact) mass is 284 g/mol. The van der Waals surface area contributed by atoms with Gasteiger partial charge in [0.05, 0.1) is 0 Å². The van der Waals surface area contributed by atoms with Gasteiger partial charge in [0, 0.05) is 22.7 Å². The molecule has 0 unspecified atom stereocenters. The molecular weight excluding hydrogens is 276 g/mol. The van der Waals surface area contributed by atoms with Gasteiger partial charge in [-0.3, -0.25) is 0 Å². The Hall–Kier alpha value is -2.46. The van der Waals surface area contributed by atoms with Crippen LogP contribution in [-0.4, -0.2) is 9.97 Å². The molecule has 0 saturated heterocycles. The Morgan fingerprint density at radius 1 is 1.15 bits per heavy atom. The number of halogens is 1. The number of benzene rings is 1. The fourth-order valence-electron chi connectivity index (χ4n) is 2.11. The van der Waals surface area contributed by atoms with Crippen molar-refractivity contribution in [3.8, 4) is 23.0 Å². The van der Waals surface area contributed by atoms with E-state index in [0.717, 1.165) is 16.7 Å². The molecule has 4 nitrogen and oxygen atoms in total. The Bertz CT molecular complexity index is 874. The quantitative estimate of drug-likeness (QED) is 0.578. The summed E-state index contributed by atoms with van der Waals surface area (Å²) in [6.45, 7) is 0. The van der Waals surface area contributed by atoms with Crippen molar-refractivity contribution in [2.75, 3.05) is 0 Å². The van der Waals surface area contributed by atoms with Crippen LogP contribution in [0.4, 0.5) is 0 Å². The smallest absolute Gasteiger partial charge is 0.243 e. The molecule has 20 heavy (non-hydrogen) atoms. The summed E-state index contributed by atoms with van der Waals surface area (Å²) < 4.78 is 11.2. The van der Waals surface area contributed by atoms with E-state index in [9.17, 15) is 0 Å². The fraction of sp³-hybridized carbons (Fsp3) is 0. The summed E-state index contributed by atoms with van der Waals surface area (Å²) in [6, 6.07) is 11.2. The second kappa shape index (κ2) is 4.28. The number of aromatic nitrogens is 2. The number of nitrogens with zero attached hydrogens (tertiary/aromatic N) is 1. The molecule has 4 aromatic rings. The first-order chi connectivity index (χ1) is 9.79. The van der Waals surface area contributed by atoms with Crippen molar-refractivity contribution in [2.45, 2.75) is 0 Å². The van der Waals surface area contributed by atoms with Gasteiger partial charge in [-0.2, -0.15) is 0 Å². The second-order valence-corrected chi connectivity index (χ2v) is 4.85. The summed E-state index contributed by atoms with van der Waals surface area (Å²) in [7, 11) is 0. The summed E-state index contributed by atoms with van der Waals surface area (Å²) in [5, 5.41) is 1.62. The van der Waals surface area contributed by atoms with Gasteiger partial charge >= 0.3 is 0 Å². The van der Waals surface area contributed by atoms with Crippen LogP contribution in [0.1, 0.15) is 0 Å². The van der Waals surface area contributed by atoms with Crippen LogP contribution >= 0.6 is 11.6 Å². The molecule has 3 heterocycles. The number of oxazole rings is 1. The molecule has 0 radical (unpaired) electrons. The van der Waals surface area contributed by atoms with Gasteiger partial charge in [0.1, 0.15) is 23.2 Å². The van der Waals surface area contributed by atoms with Gasteiger partial charge < -0.3 is 13.8 Å². The summed E-state index contributed by atoms with van der Waals surface area (Å²) in [5.74, 6) is 1.19. The first kappa shape index (κ1) is 11.4. The standard InChI is InChI=1S/C15H9ClN2O2/c16-10-4-3-9-6-14(20-13(9)7-10)12-8-19-15(18-12)11-2-1-5-17-11/h1-8,17H. The van der Waals surface area contributed by atoms with E-state index in [2.05, 4.69) is 9.97 Å². The number of hydrogen-bond acceptors (Lipinski definition) is 3. The molecule has 0 aliphatic rings. The molecule has 98 valence electrons. The van der Waals surface area contributed by atoms with E-state index in [4.69, 9.17) is 20.4 Å². The highest BCUT2D eigenvalue weighted by Crippen LogP contribution is 2.30. The minimum absolute atomic E-state index is 0.531. The Balaban J connectivity index is 1.79. The van der Waals surface area contributed by atoms with Gasteiger partial charge in [0.15, 0.2) is 5.76 Å². The first-order valence-electron chi connectivity index (χ1n) is 6.08. The zero-order chi connectivity index (χ0) is 13.5. The van der Waals surface area contributed by atoms with Gasteiger partial charge in [-0.15, -0.1) is 0 Å². The van der Waals surface area contributed by atoms with Crippen molar-refractivity contribution in [3.63, 3.8) is 0 Å². The average molecular weight is 285 g/mol. The lowest BCUT2D eigenvalue weighted by atomic mass is 10.2. The summed E-state index contributed by atoms with van der Waals surface area (Å²) >= 11 is 5.95. The van der Waals surface area contributed by atoms with Crippen LogP contribution in [-0.2, 0) is 0 Å². The lowest BCUT2D eigenvalue weighted by molar-refractivity contribution is 0.571. The third-order valence-corrected chi connectivity index (χ3v) is 3.30. The third-order valence-electron chi connectivity index (χ3n) is 3.07. The van der Waals surface area contributed by atoms with Crippen molar-refractivity contribution in [2.24, 2.45) is 0 Å². The van der Waals surface area contributed by atoms with Gasteiger partial charge in [-0.05, 0) is 30.3 Å². The van der Waals surface area contributed by atoms with E-state index in [-0.39, 0.29) is 0 Å². The highest BCUT2D eigenvalue weighted by Gasteiger charge is 2.13. The van der Waals surface area contributed by atoms with E-state index >= 15 is 0 Å². The van der Waals surface area contributed by atoms with Gasteiger partial charge in [0.2, 0.25) is 5.89 Å². The fourth-order valence-corrected chi connectivity index (χ4v) is 2.27. The normalized spacial score (nSPS) is 11.2. The van der Waals surface area contributed by atoms with E-state index in [1.165, 1.54) is 0 Å². The Morgan fingerprint density at radius 2 is 2.10 bits per heavy atom. The minimum atomic E-state index is 0.531. The second-order valence-electron chi connectivity index (χ2n) is 4.41. The lowest BCUT2D eigenvalue weighted by Gasteiger charge is -1.88. The number of fused-ring (bicyclic) bond motifs is 1. The van der Waals surface area contributed by atoms with E-state index in [1.54, 1.807) is 12.3 Å². The number of H-pyrrole nitrogens is 1. The molecule has 0 saturated carbocycles. The molecule has 0 bridgehead atoms. The molecule has 0 aliphatic heterocycles. The van der Waals surface area contributed by atoms with Crippen molar-refractivity contribution < 1.29 is 8.83 Å². The average Bonchev–Trinajstić information content (AvgIpc) is 3.17. The maximum atomic E-state index is 5.95. The van der Waals surface area contributed by atoms with Crippen molar-refractivity contribution in [3.05, 3.63) is 53.9 Å². The summed E-state index contributed by atoms with van der Waals surface area (Å²) in [5.41, 5.74) is 2.22. The molecular formula is C15H9ClN2O2. The van der Waals surface area contributed by atoms with Gasteiger partial charge in [-0.25, -0.2) is 4.98 Å². The highest BCUT2D eigenvalue weighted by atomic mass is 35.5. The molecule has 0 amide bonds. The van der Waals surface area contributed by atoms with E-state index in [0.29, 0.717) is 22.4 Å². The predicted octanol–water partition coefficient (Wildman–Crippen LogP) is 4.74. The highest BCUT2D eigenvalue weighted by molar-refractivity contribution is 6.31. The van der Waals surface area contributed by atoms with Crippen LogP contribution in [0.3, 0.4) is 0 Å². The Morgan fingerprint density at radius 3 is 2.95 bits per heavy atom. The van der Waals surface area contributed by atoms with Crippen molar-refractivity contribution in [1.29, 1.82) is 0 Å². The Kier molecular flexibility index (Phi) is 2.44. The molecule has 1 aromatic carbocycles. The van der Waals surface area contributed by atoms with Crippen LogP contribution in [0.5, 0.6) is 0 Å². The van der Waals surface area contributed by atoms with Crippen molar-refractivity contribution in [1.82, 2.24) is 9.97 Å². The molecule has 3 aromatic heterocycles. The number of aromatic amines is 1. The maximum absolute atomic E-state index is 5.95. The van der Waals surface area contributed by atoms with E-state index < -0.39 is 0 Å². The van der Waals surface area contributed by atoms with Crippen LogP contribution in [0.25, 0.3) is 34.0 Å². The molecule has 0 fully saturated rings. The topological polar surface area (TPSA) is 55.0 Å². The largest absolute Gasteiger partial charge is 0.454 e. The number of rotatable bonds is 2. The lowest BCUT2D eigenvalue weighted by Crippen LogP contribution is -1.77. The molecule has 1 N–H and O–H groups in total. The molecule has 0 atom stereocenters. The van der Waals surface area contributed by atoms with Gasteiger partial charge in [0.25, 0.3) is 0 Å². The third kappa shape index (κ3) is 1.82. The molecule has 0 aliphatic carbocycles. The van der Waals surface area contributed by atoms with Crippen LogP contribution < -0.4 is 0 Å². The number of furan rings is 1. The summed E-state index contributed by atoms with van der Waals surface area (Å²) in [4.78, 5) is 7.46. The Labute approximate surface area is 119 Å². The maximum Gasteiger partial charge on any atom is 0.243 e. The van der Waals surface area contributed by atoms with E-state index in [1.807, 2.05) is 36.5 Å². The predicted molar refractivity (Wildman–Crippen MR) is 76.5 cm³/mol. The molecule has 4 rings (SSSR count). The zero-order valence-corrected chi connectivity index (χ0v) is 11.0. The number of hydrogen-bond donors (Lipinski definition) is 1. The first-order valence-corrected chi connectivity index (χ1v) is 6.46. The molecule has 5 heteroatoms. The minimum Gasteiger partial charge on any atom is -0.454 e.